The molecule has 2 N–H and O–H groups in total. The first-order chi connectivity index (χ1) is 11.2. The molecule has 24 heavy (non-hydrogen) atoms. The maximum Gasteiger partial charge on any atom is 0.241 e. The van der Waals surface area contributed by atoms with Gasteiger partial charge in [0.15, 0.2) is 0 Å². The molecule has 0 aromatic heterocycles. The molecule has 1 aromatic carbocycles. The van der Waals surface area contributed by atoms with Crippen LogP contribution in [0.25, 0.3) is 0 Å². The summed E-state index contributed by atoms with van der Waals surface area (Å²) in [5.41, 5.74) is 1.27. The van der Waals surface area contributed by atoms with Crippen LogP contribution < -0.4 is 10.0 Å². The standard InChI is InChI=1S/C16H24FN3O3S/c1-11-4-5-13(17)10-15(11)18-16(21)12(2)20-8-6-14(7-9-20)19-24(3,22)23/h4-5,10,12,14,19H,6-9H2,1-3H3,(H,18,21). The first-order valence-corrected chi connectivity index (χ1v) is 9.83. The van der Waals surface area contributed by atoms with Crippen molar-refractivity contribution >= 4 is 21.6 Å². The van der Waals surface area contributed by atoms with E-state index in [4.69, 9.17) is 0 Å². The van der Waals surface area contributed by atoms with Gasteiger partial charge in [-0.25, -0.2) is 17.5 Å². The lowest BCUT2D eigenvalue weighted by Gasteiger charge is -2.35. The summed E-state index contributed by atoms with van der Waals surface area (Å²) in [5.74, 6) is -0.588. The number of amides is 1. The molecule has 1 heterocycles. The van der Waals surface area contributed by atoms with Gasteiger partial charge >= 0.3 is 0 Å². The van der Waals surface area contributed by atoms with Gasteiger partial charge in [0.2, 0.25) is 15.9 Å². The van der Waals surface area contributed by atoms with Crippen LogP contribution in [-0.4, -0.2) is 50.7 Å². The summed E-state index contributed by atoms with van der Waals surface area (Å²) in [6, 6.07) is 3.83. The quantitative estimate of drug-likeness (QED) is 0.837. The number of hydrogen-bond acceptors (Lipinski definition) is 4. The topological polar surface area (TPSA) is 78.5 Å². The van der Waals surface area contributed by atoms with E-state index < -0.39 is 15.8 Å². The summed E-state index contributed by atoms with van der Waals surface area (Å²) in [7, 11) is -3.21. The van der Waals surface area contributed by atoms with Crippen molar-refractivity contribution in [1.29, 1.82) is 0 Å². The molecular weight excluding hydrogens is 333 g/mol. The van der Waals surface area contributed by atoms with Crippen molar-refractivity contribution in [2.45, 2.75) is 38.8 Å². The molecule has 1 fully saturated rings. The molecular formula is C16H24FN3O3S. The van der Waals surface area contributed by atoms with Crippen LogP contribution in [0.1, 0.15) is 25.3 Å². The van der Waals surface area contributed by atoms with E-state index >= 15 is 0 Å². The third-order valence-electron chi connectivity index (χ3n) is 4.29. The van der Waals surface area contributed by atoms with E-state index in [2.05, 4.69) is 10.0 Å². The summed E-state index contributed by atoms with van der Waals surface area (Å²) in [5, 5.41) is 2.77. The van der Waals surface area contributed by atoms with Crippen LogP contribution in [0.5, 0.6) is 0 Å². The van der Waals surface area contributed by atoms with Crippen LogP contribution >= 0.6 is 0 Å². The molecule has 0 aliphatic carbocycles. The fraction of sp³-hybridized carbons (Fsp3) is 0.562. The summed E-state index contributed by atoms with van der Waals surface area (Å²) in [4.78, 5) is 14.4. The number of anilines is 1. The zero-order valence-electron chi connectivity index (χ0n) is 14.2. The van der Waals surface area contributed by atoms with Crippen molar-refractivity contribution in [1.82, 2.24) is 9.62 Å². The highest BCUT2D eigenvalue weighted by molar-refractivity contribution is 7.88. The third kappa shape index (κ3) is 5.25. The minimum absolute atomic E-state index is 0.0861. The molecule has 1 aliphatic heterocycles. The SMILES string of the molecule is Cc1ccc(F)cc1NC(=O)C(C)N1CCC(NS(C)(=O)=O)CC1. The molecule has 0 saturated carbocycles. The van der Waals surface area contributed by atoms with Gasteiger partial charge in [0.1, 0.15) is 5.82 Å². The van der Waals surface area contributed by atoms with Gasteiger partial charge in [-0.2, -0.15) is 0 Å². The number of carbonyl (C=O) groups excluding carboxylic acids is 1. The van der Waals surface area contributed by atoms with Crippen molar-refractivity contribution < 1.29 is 17.6 Å². The Balaban J connectivity index is 1.91. The van der Waals surface area contributed by atoms with Crippen LogP contribution in [0.2, 0.25) is 0 Å². The van der Waals surface area contributed by atoms with Gasteiger partial charge in [-0.1, -0.05) is 6.07 Å². The Kier molecular flexibility index (Phi) is 5.95. The second kappa shape index (κ2) is 7.58. The Morgan fingerprint density at radius 3 is 2.54 bits per heavy atom. The van der Waals surface area contributed by atoms with Crippen LogP contribution in [0, 0.1) is 12.7 Å². The molecule has 1 aliphatic rings. The first kappa shape index (κ1) is 18.8. The molecule has 1 atom stereocenters. The molecule has 0 spiro atoms. The number of halogens is 1. The summed E-state index contributed by atoms with van der Waals surface area (Å²) < 4.78 is 38.5. The number of rotatable bonds is 5. The highest BCUT2D eigenvalue weighted by Crippen LogP contribution is 2.18. The average molecular weight is 357 g/mol. The van der Waals surface area contributed by atoms with Gasteiger partial charge in [0.25, 0.3) is 0 Å². The fourth-order valence-corrected chi connectivity index (χ4v) is 3.68. The molecule has 134 valence electrons. The zero-order chi connectivity index (χ0) is 17.9. The number of piperidine rings is 1. The molecule has 6 nitrogen and oxygen atoms in total. The van der Waals surface area contributed by atoms with Crippen LogP contribution in [0.15, 0.2) is 18.2 Å². The first-order valence-electron chi connectivity index (χ1n) is 7.94. The van der Waals surface area contributed by atoms with Crippen LogP contribution in [0.4, 0.5) is 10.1 Å². The molecule has 2 rings (SSSR count). The number of aryl methyl sites for hydroxylation is 1. The van der Waals surface area contributed by atoms with Crippen molar-refractivity contribution in [3.8, 4) is 0 Å². The van der Waals surface area contributed by atoms with Gasteiger partial charge in [-0.15, -0.1) is 0 Å². The number of benzene rings is 1. The lowest BCUT2D eigenvalue weighted by atomic mass is 10.0. The lowest BCUT2D eigenvalue weighted by molar-refractivity contribution is -0.121. The Bertz CT molecular complexity index is 701. The minimum atomic E-state index is -3.21. The average Bonchev–Trinajstić information content (AvgIpc) is 2.49. The minimum Gasteiger partial charge on any atom is -0.324 e. The Morgan fingerprint density at radius 1 is 1.33 bits per heavy atom. The van der Waals surface area contributed by atoms with E-state index in [0.717, 1.165) is 11.8 Å². The number of nitrogens with zero attached hydrogens (tertiary/aromatic N) is 1. The summed E-state index contributed by atoms with van der Waals surface area (Å²) >= 11 is 0. The Morgan fingerprint density at radius 2 is 1.96 bits per heavy atom. The monoisotopic (exact) mass is 357 g/mol. The highest BCUT2D eigenvalue weighted by atomic mass is 32.2. The normalized spacial score (nSPS) is 18.3. The third-order valence-corrected chi connectivity index (χ3v) is 5.06. The smallest absolute Gasteiger partial charge is 0.241 e. The number of sulfonamides is 1. The van der Waals surface area contributed by atoms with Crippen molar-refractivity contribution in [3.63, 3.8) is 0 Å². The molecule has 0 bridgehead atoms. The summed E-state index contributed by atoms with van der Waals surface area (Å²) in [6.07, 6.45) is 2.46. The van der Waals surface area contributed by atoms with Crippen molar-refractivity contribution in [3.05, 3.63) is 29.6 Å². The van der Waals surface area contributed by atoms with Crippen LogP contribution in [0.3, 0.4) is 0 Å². The van der Waals surface area contributed by atoms with Crippen molar-refractivity contribution in [2.24, 2.45) is 0 Å². The molecule has 1 unspecified atom stereocenters. The van der Waals surface area contributed by atoms with Gasteiger partial charge in [0, 0.05) is 24.8 Å². The second-order valence-electron chi connectivity index (χ2n) is 6.32. The van der Waals surface area contributed by atoms with Gasteiger partial charge in [-0.05, 0) is 44.4 Å². The lowest BCUT2D eigenvalue weighted by Crippen LogP contribution is -2.50. The zero-order valence-corrected chi connectivity index (χ0v) is 15.0. The summed E-state index contributed by atoms with van der Waals surface area (Å²) in [6.45, 7) is 4.87. The number of hydrogen-bond donors (Lipinski definition) is 2. The number of nitrogens with one attached hydrogen (secondary N) is 2. The molecule has 1 amide bonds. The maximum atomic E-state index is 13.3. The largest absolute Gasteiger partial charge is 0.324 e. The van der Waals surface area contributed by atoms with E-state index in [-0.39, 0.29) is 18.0 Å². The highest BCUT2D eigenvalue weighted by Gasteiger charge is 2.27. The fourth-order valence-electron chi connectivity index (χ4n) is 2.84. The van der Waals surface area contributed by atoms with E-state index in [0.29, 0.717) is 31.6 Å². The second-order valence-corrected chi connectivity index (χ2v) is 8.10. The maximum absolute atomic E-state index is 13.3. The van der Waals surface area contributed by atoms with Gasteiger partial charge < -0.3 is 5.32 Å². The van der Waals surface area contributed by atoms with E-state index in [1.165, 1.54) is 12.1 Å². The van der Waals surface area contributed by atoms with E-state index in [9.17, 15) is 17.6 Å². The van der Waals surface area contributed by atoms with Gasteiger partial charge in [-0.3, -0.25) is 9.69 Å². The predicted molar refractivity (Wildman–Crippen MR) is 91.8 cm³/mol. The molecule has 1 aromatic rings. The van der Waals surface area contributed by atoms with E-state index in [1.807, 2.05) is 11.8 Å². The van der Waals surface area contributed by atoms with Crippen LogP contribution in [-0.2, 0) is 14.8 Å². The molecule has 0 radical (unpaired) electrons. The predicted octanol–water partition coefficient (Wildman–Crippen LogP) is 1.47. The number of likely N-dealkylation sites (tertiary alicyclic amines) is 1. The van der Waals surface area contributed by atoms with Gasteiger partial charge in [0.05, 0.1) is 12.3 Å². The Labute approximate surface area is 142 Å². The van der Waals surface area contributed by atoms with Crippen molar-refractivity contribution in [2.75, 3.05) is 24.7 Å². The molecule has 8 heteroatoms. The van der Waals surface area contributed by atoms with E-state index in [1.54, 1.807) is 13.0 Å². The Hall–Kier alpha value is -1.51. The molecule has 1 saturated heterocycles. The number of carbonyl (C=O) groups is 1.